The van der Waals surface area contributed by atoms with Gasteiger partial charge in [0.15, 0.2) is 0 Å². The Balaban J connectivity index is 1.95. The standard InChI is InChI=1S/C25H32N2O4S/c1-4-7-24(28)26-22-16-19(25(29)27-21-9-6-5-8-18(21)3)12-15-23(22)32(30,31)20-13-10-17(2)11-14-20/h10-16,18,21H,4-9H2,1-3H3,(H,26,28)(H,27,29)/t18-,21-/m1/s1. The molecule has 1 aliphatic carbocycles. The number of carbonyl (C=O) groups excluding carboxylic acids is 2. The Bertz CT molecular complexity index is 1080. The fourth-order valence-corrected chi connectivity index (χ4v) is 5.46. The maximum atomic E-state index is 13.3. The van der Waals surface area contributed by atoms with Crippen LogP contribution in [0.1, 0.15) is 68.3 Å². The second-order valence-corrected chi connectivity index (χ2v) is 10.6. The van der Waals surface area contributed by atoms with Crippen LogP contribution in [-0.2, 0) is 14.6 Å². The van der Waals surface area contributed by atoms with Crippen molar-refractivity contribution in [3.63, 3.8) is 0 Å². The molecule has 0 unspecified atom stereocenters. The summed E-state index contributed by atoms with van der Waals surface area (Å²) in [5.41, 5.74) is 1.41. The summed E-state index contributed by atoms with van der Waals surface area (Å²) in [4.78, 5) is 25.3. The van der Waals surface area contributed by atoms with Crippen molar-refractivity contribution < 1.29 is 18.0 Å². The number of anilines is 1. The van der Waals surface area contributed by atoms with E-state index in [2.05, 4.69) is 17.6 Å². The highest BCUT2D eigenvalue weighted by Crippen LogP contribution is 2.30. The molecule has 0 heterocycles. The van der Waals surface area contributed by atoms with Gasteiger partial charge in [0.2, 0.25) is 15.7 Å². The van der Waals surface area contributed by atoms with Gasteiger partial charge in [0.05, 0.1) is 15.5 Å². The van der Waals surface area contributed by atoms with E-state index in [0.717, 1.165) is 24.8 Å². The molecule has 2 aromatic rings. The zero-order valence-electron chi connectivity index (χ0n) is 19.0. The first-order valence-corrected chi connectivity index (χ1v) is 12.8. The fraction of sp³-hybridized carbons (Fsp3) is 0.440. The summed E-state index contributed by atoms with van der Waals surface area (Å²) < 4.78 is 26.6. The van der Waals surface area contributed by atoms with Crippen molar-refractivity contribution in [2.75, 3.05) is 5.32 Å². The van der Waals surface area contributed by atoms with Crippen molar-refractivity contribution in [3.8, 4) is 0 Å². The van der Waals surface area contributed by atoms with Crippen LogP contribution in [-0.4, -0.2) is 26.3 Å². The minimum Gasteiger partial charge on any atom is -0.349 e. The van der Waals surface area contributed by atoms with Crippen LogP contribution >= 0.6 is 0 Å². The average Bonchev–Trinajstić information content (AvgIpc) is 2.75. The lowest BCUT2D eigenvalue weighted by molar-refractivity contribution is -0.116. The van der Waals surface area contributed by atoms with Crippen LogP contribution in [0.5, 0.6) is 0 Å². The van der Waals surface area contributed by atoms with Crippen molar-refractivity contribution in [3.05, 3.63) is 53.6 Å². The summed E-state index contributed by atoms with van der Waals surface area (Å²) in [7, 11) is -3.87. The molecule has 2 atom stereocenters. The van der Waals surface area contributed by atoms with Gasteiger partial charge in [0.25, 0.3) is 5.91 Å². The molecular formula is C25H32N2O4S. The third-order valence-corrected chi connectivity index (χ3v) is 7.87. The number of amides is 2. The molecule has 0 aliphatic heterocycles. The maximum Gasteiger partial charge on any atom is 0.251 e. The van der Waals surface area contributed by atoms with Gasteiger partial charge >= 0.3 is 0 Å². The Morgan fingerprint density at radius 2 is 1.72 bits per heavy atom. The Hall–Kier alpha value is -2.67. The van der Waals surface area contributed by atoms with Gasteiger partial charge in [-0.2, -0.15) is 0 Å². The molecule has 1 fully saturated rings. The summed E-state index contributed by atoms with van der Waals surface area (Å²) in [6.07, 6.45) is 5.17. The number of hydrogen-bond acceptors (Lipinski definition) is 4. The van der Waals surface area contributed by atoms with E-state index in [4.69, 9.17) is 0 Å². The van der Waals surface area contributed by atoms with Gasteiger partial charge in [-0.05, 0) is 62.4 Å². The quantitative estimate of drug-likeness (QED) is 0.621. The number of aryl methyl sites for hydroxylation is 1. The lowest BCUT2D eigenvalue weighted by atomic mass is 9.86. The van der Waals surface area contributed by atoms with Crippen molar-refractivity contribution in [1.29, 1.82) is 0 Å². The van der Waals surface area contributed by atoms with E-state index in [9.17, 15) is 18.0 Å². The summed E-state index contributed by atoms with van der Waals surface area (Å²) in [6, 6.07) is 11.1. The zero-order valence-corrected chi connectivity index (χ0v) is 19.8. The SMILES string of the molecule is CCCC(=O)Nc1cc(C(=O)N[C@@H]2CCCC[C@H]2C)ccc1S(=O)(=O)c1ccc(C)cc1. The number of hydrogen-bond donors (Lipinski definition) is 2. The fourth-order valence-electron chi connectivity index (χ4n) is 4.07. The van der Waals surface area contributed by atoms with Crippen LogP contribution in [0, 0.1) is 12.8 Å². The first-order valence-electron chi connectivity index (χ1n) is 11.3. The lowest BCUT2D eigenvalue weighted by Crippen LogP contribution is -2.41. The van der Waals surface area contributed by atoms with Gasteiger partial charge in [-0.1, -0.05) is 44.4 Å². The van der Waals surface area contributed by atoms with Crippen molar-refractivity contribution in [2.24, 2.45) is 5.92 Å². The van der Waals surface area contributed by atoms with E-state index >= 15 is 0 Å². The smallest absolute Gasteiger partial charge is 0.251 e. The molecule has 7 heteroatoms. The molecule has 0 spiro atoms. The third kappa shape index (κ3) is 5.57. The van der Waals surface area contributed by atoms with Gasteiger partial charge in [-0.3, -0.25) is 9.59 Å². The second-order valence-electron chi connectivity index (χ2n) is 8.67. The molecule has 0 aromatic heterocycles. The Kier molecular flexibility index (Phi) is 7.72. The molecule has 0 bridgehead atoms. The number of nitrogens with one attached hydrogen (secondary N) is 2. The van der Waals surface area contributed by atoms with Crippen molar-refractivity contribution in [1.82, 2.24) is 5.32 Å². The number of benzene rings is 2. The van der Waals surface area contributed by atoms with Crippen LogP contribution in [0.15, 0.2) is 52.3 Å². The van der Waals surface area contributed by atoms with Crippen LogP contribution in [0.25, 0.3) is 0 Å². The molecule has 1 aliphatic rings. The molecule has 2 amide bonds. The predicted molar refractivity (Wildman–Crippen MR) is 125 cm³/mol. The Labute approximate surface area is 190 Å². The highest BCUT2D eigenvalue weighted by molar-refractivity contribution is 7.91. The number of rotatable bonds is 7. The highest BCUT2D eigenvalue weighted by atomic mass is 32.2. The minimum atomic E-state index is -3.87. The predicted octanol–water partition coefficient (Wildman–Crippen LogP) is 4.87. The molecule has 2 N–H and O–H groups in total. The molecule has 0 radical (unpaired) electrons. The molecule has 1 saturated carbocycles. The Morgan fingerprint density at radius 3 is 2.38 bits per heavy atom. The van der Waals surface area contributed by atoms with E-state index in [-0.39, 0.29) is 39.8 Å². The van der Waals surface area contributed by atoms with E-state index in [1.807, 2.05) is 13.8 Å². The van der Waals surface area contributed by atoms with Gasteiger partial charge in [-0.25, -0.2) is 8.42 Å². The zero-order chi connectivity index (χ0) is 23.3. The molecule has 172 valence electrons. The summed E-state index contributed by atoms with van der Waals surface area (Å²) >= 11 is 0. The monoisotopic (exact) mass is 456 g/mol. The van der Waals surface area contributed by atoms with Crippen LogP contribution in [0.3, 0.4) is 0 Å². The molecular weight excluding hydrogens is 424 g/mol. The van der Waals surface area contributed by atoms with Crippen LogP contribution in [0.4, 0.5) is 5.69 Å². The topological polar surface area (TPSA) is 92.3 Å². The third-order valence-electron chi connectivity index (χ3n) is 6.04. The molecule has 0 saturated heterocycles. The van der Waals surface area contributed by atoms with E-state index in [1.54, 1.807) is 24.3 Å². The molecule has 6 nitrogen and oxygen atoms in total. The first-order chi connectivity index (χ1) is 15.2. The Morgan fingerprint density at radius 1 is 1.03 bits per heavy atom. The summed E-state index contributed by atoms with van der Waals surface area (Å²) in [5.74, 6) is -0.141. The molecule has 32 heavy (non-hydrogen) atoms. The lowest BCUT2D eigenvalue weighted by Gasteiger charge is -2.29. The summed E-state index contributed by atoms with van der Waals surface area (Å²) in [6.45, 7) is 5.89. The van der Waals surface area contributed by atoms with Gasteiger partial charge in [-0.15, -0.1) is 0 Å². The van der Waals surface area contributed by atoms with Gasteiger partial charge in [0.1, 0.15) is 0 Å². The minimum absolute atomic E-state index is 0.0200. The van der Waals surface area contributed by atoms with Crippen LogP contribution < -0.4 is 10.6 Å². The van der Waals surface area contributed by atoms with Gasteiger partial charge in [0, 0.05) is 18.0 Å². The van der Waals surface area contributed by atoms with Crippen molar-refractivity contribution >= 4 is 27.3 Å². The largest absolute Gasteiger partial charge is 0.349 e. The maximum absolute atomic E-state index is 13.3. The molecule has 3 rings (SSSR count). The van der Waals surface area contributed by atoms with Crippen LogP contribution in [0.2, 0.25) is 0 Å². The highest BCUT2D eigenvalue weighted by Gasteiger charge is 2.26. The molecule has 2 aromatic carbocycles. The van der Waals surface area contributed by atoms with Gasteiger partial charge < -0.3 is 10.6 Å². The van der Waals surface area contributed by atoms with E-state index in [0.29, 0.717) is 17.9 Å². The van der Waals surface area contributed by atoms with Crippen molar-refractivity contribution in [2.45, 2.75) is 75.1 Å². The van der Waals surface area contributed by atoms with E-state index < -0.39 is 9.84 Å². The first kappa shape index (κ1) is 24.0. The second kappa shape index (κ2) is 10.3. The number of sulfone groups is 1. The van der Waals surface area contributed by atoms with E-state index in [1.165, 1.54) is 24.6 Å². The average molecular weight is 457 g/mol. The number of carbonyl (C=O) groups is 2. The summed E-state index contributed by atoms with van der Waals surface area (Å²) in [5, 5.41) is 5.79. The normalized spacial score (nSPS) is 18.7.